The fourth-order valence-corrected chi connectivity index (χ4v) is 5.47. The Labute approximate surface area is 209 Å². The second-order valence-corrected chi connectivity index (χ2v) is 11.0. The first-order chi connectivity index (χ1) is 16.2. The zero-order valence-electron chi connectivity index (χ0n) is 21.8. The van der Waals surface area contributed by atoms with Gasteiger partial charge in [-0.3, -0.25) is 9.58 Å². The SMILES string of the molecule is CCCN(CC)Cc1cccc(-c2ccc([S+]([O-])N(C)c3c(CC(C)C)nn(C)c3C)cc2)c1. The van der Waals surface area contributed by atoms with Crippen molar-refractivity contribution in [3.8, 4) is 11.1 Å². The maximum atomic E-state index is 13.5. The van der Waals surface area contributed by atoms with Crippen molar-refractivity contribution in [3.63, 3.8) is 0 Å². The van der Waals surface area contributed by atoms with E-state index in [9.17, 15) is 4.55 Å². The lowest BCUT2D eigenvalue weighted by Crippen LogP contribution is -2.28. The smallest absolute Gasteiger partial charge is 0.180 e. The van der Waals surface area contributed by atoms with Crippen molar-refractivity contribution in [2.75, 3.05) is 24.4 Å². The van der Waals surface area contributed by atoms with Gasteiger partial charge in [0.15, 0.2) is 4.90 Å². The highest BCUT2D eigenvalue weighted by Gasteiger charge is 2.27. The quantitative estimate of drug-likeness (QED) is 0.317. The van der Waals surface area contributed by atoms with E-state index in [0.29, 0.717) is 5.92 Å². The maximum absolute atomic E-state index is 13.5. The Balaban J connectivity index is 1.79. The molecule has 2 aromatic carbocycles. The number of benzene rings is 2. The molecule has 1 heterocycles. The molecule has 3 rings (SSSR count). The molecule has 1 atom stereocenters. The highest BCUT2D eigenvalue weighted by atomic mass is 32.2. The number of hydrogen-bond acceptors (Lipinski definition) is 4. The lowest BCUT2D eigenvalue weighted by molar-refractivity contribution is 0.280. The van der Waals surface area contributed by atoms with Crippen molar-refractivity contribution in [1.29, 1.82) is 0 Å². The minimum atomic E-state index is -1.31. The van der Waals surface area contributed by atoms with Gasteiger partial charge in [0.05, 0.1) is 18.4 Å². The van der Waals surface area contributed by atoms with Crippen LogP contribution >= 0.6 is 0 Å². The normalized spacial score (nSPS) is 12.5. The Morgan fingerprint density at radius 3 is 2.38 bits per heavy atom. The van der Waals surface area contributed by atoms with E-state index in [1.165, 1.54) is 11.1 Å². The minimum Gasteiger partial charge on any atom is -0.588 e. The molecule has 0 saturated heterocycles. The van der Waals surface area contributed by atoms with E-state index >= 15 is 0 Å². The minimum absolute atomic E-state index is 0.483. The molecule has 0 N–H and O–H groups in total. The molecule has 0 bridgehead atoms. The number of nitrogens with zero attached hydrogens (tertiary/aromatic N) is 4. The summed E-state index contributed by atoms with van der Waals surface area (Å²) in [7, 11) is 3.85. The summed E-state index contributed by atoms with van der Waals surface area (Å²) in [4.78, 5) is 3.26. The molecule has 0 aliphatic rings. The highest BCUT2D eigenvalue weighted by molar-refractivity contribution is 7.92. The van der Waals surface area contributed by atoms with Crippen molar-refractivity contribution < 1.29 is 4.55 Å². The lowest BCUT2D eigenvalue weighted by Gasteiger charge is -2.23. The molecule has 184 valence electrons. The molecule has 6 heteroatoms. The number of hydrogen-bond donors (Lipinski definition) is 0. The van der Waals surface area contributed by atoms with E-state index in [1.54, 1.807) is 0 Å². The Kier molecular flexibility index (Phi) is 9.23. The third-order valence-electron chi connectivity index (χ3n) is 6.25. The van der Waals surface area contributed by atoms with Crippen LogP contribution < -0.4 is 4.31 Å². The Morgan fingerprint density at radius 1 is 1.06 bits per heavy atom. The predicted octanol–water partition coefficient (Wildman–Crippen LogP) is 5.98. The van der Waals surface area contributed by atoms with Crippen LogP contribution in [0.3, 0.4) is 0 Å². The summed E-state index contributed by atoms with van der Waals surface area (Å²) in [5.74, 6) is 0.483. The van der Waals surface area contributed by atoms with Gasteiger partial charge in [0, 0.05) is 13.6 Å². The van der Waals surface area contributed by atoms with Crippen LogP contribution in [0.1, 0.15) is 51.1 Å². The van der Waals surface area contributed by atoms with E-state index in [1.807, 2.05) is 42.1 Å². The molecule has 3 aromatic rings. The Bertz CT molecular complexity index is 1060. The number of aryl methyl sites for hydroxylation is 1. The van der Waals surface area contributed by atoms with Gasteiger partial charge < -0.3 is 4.55 Å². The van der Waals surface area contributed by atoms with Gasteiger partial charge in [-0.25, -0.2) is 0 Å². The van der Waals surface area contributed by atoms with Crippen molar-refractivity contribution >= 4 is 17.0 Å². The zero-order chi connectivity index (χ0) is 24.8. The summed E-state index contributed by atoms with van der Waals surface area (Å²) in [6.45, 7) is 14.0. The van der Waals surface area contributed by atoms with E-state index in [0.717, 1.165) is 60.0 Å². The fraction of sp³-hybridized carbons (Fsp3) is 0.464. The van der Waals surface area contributed by atoms with Gasteiger partial charge in [0.1, 0.15) is 17.0 Å². The zero-order valence-corrected chi connectivity index (χ0v) is 22.7. The first kappa shape index (κ1) is 26.3. The van der Waals surface area contributed by atoms with Crippen LogP contribution in [0.2, 0.25) is 0 Å². The average Bonchev–Trinajstić information content (AvgIpc) is 3.10. The Morgan fingerprint density at radius 2 is 1.76 bits per heavy atom. The third kappa shape index (κ3) is 6.23. The standard InChI is InChI=1S/C28H40N4OS/c1-8-17-32(9-2)20-23-11-10-12-25(19-23)24-13-15-26(16-14-24)34(33)31(7)28-22(5)30(6)29-27(28)18-21(3)4/h10-16,19,21H,8-9,17-18,20H2,1-7H3. The molecule has 0 radical (unpaired) electrons. The van der Waals surface area contributed by atoms with E-state index in [2.05, 4.69) is 74.1 Å². The fourth-order valence-electron chi connectivity index (χ4n) is 4.38. The van der Waals surface area contributed by atoms with Crippen molar-refractivity contribution in [1.82, 2.24) is 14.7 Å². The van der Waals surface area contributed by atoms with Gasteiger partial charge in [-0.1, -0.05) is 45.9 Å². The van der Waals surface area contributed by atoms with E-state index in [-0.39, 0.29) is 0 Å². The molecule has 1 unspecified atom stereocenters. The summed E-state index contributed by atoms with van der Waals surface area (Å²) < 4.78 is 17.2. The van der Waals surface area contributed by atoms with Crippen molar-refractivity contribution in [2.24, 2.45) is 13.0 Å². The average molecular weight is 481 g/mol. The highest BCUT2D eigenvalue weighted by Crippen LogP contribution is 2.31. The van der Waals surface area contributed by atoms with Gasteiger partial charge in [-0.2, -0.15) is 9.40 Å². The van der Waals surface area contributed by atoms with Crippen LogP contribution in [0, 0.1) is 12.8 Å². The molecule has 0 fully saturated rings. The topological polar surface area (TPSA) is 47.4 Å². The summed E-state index contributed by atoms with van der Waals surface area (Å²) in [5.41, 5.74) is 6.66. The maximum Gasteiger partial charge on any atom is 0.180 e. The van der Waals surface area contributed by atoms with Gasteiger partial charge in [-0.15, -0.1) is 0 Å². The van der Waals surface area contributed by atoms with Crippen LogP contribution in [-0.4, -0.2) is 39.4 Å². The molecule has 0 aliphatic carbocycles. The molecule has 5 nitrogen and oxygen atoms in total. The molecular weight excluding hydrogens is 440 g/mol. The number of rotatable bonds is 11. The summed E-state index contributed by atoms with van der Waals surface area (Å²) in [5, 5.41) is 4.68. The third-order valence-corrected chi connectivity index (χ3v) is 7.60. The molecule has 0 saturated carbocycles. The van der Waals surface area contributed by atoms with E-state index in [4.69, 9.17) is 0 Å². The lowest BCUT2D eigenvalue weighted by atomic mass is 10.0. The Hall–Kier alpha value is -2.28. The molecule has 34 heavy (non-hydrogen) atoms. The van der Waals surface area contributed by atoms with Crippen LogP contribution in [0.25, 0.3) is 11.1 Å². The molecule has 0 spiro atoms. The molecular formula is C28H40N4OS. The van der Waals surface area contributed by atoms with Crippen LogP contribution in [0.5, 0.6) is 0 Å². The summed E-state index contributed by atoms with van der Waals surface area (Å²) in [6, 6.07) is 16.9. The van der Waals surface area contributed by atoms with Crippen LogP contribution in [-0.2, 0) is 31.4 Å². The molecule has 0 amide bonds. The second-order valence-electron chi connectivity index (χ2n) is 9.44. The van der Waals surface area contributed by atoms with Gasteiger partial charge in [-0.05, 0) is 85.8 Å². The monoisotopic (exact) mass is 480 g/mol. The number of anilines is 1. The van der Waals surface area contributed by atoms with Crippen LogP contribution in [0.15, 0.2) is 53.4 Å². The van der Waals surface area contributed by atoms with Crippen molar-refractivity contribution in [3.05, 3.63) is 65.5 Å². The molecule has 0 aliphatic heterocycles. The summed E-state index contributed by atoms with van der Waals surface area (Å²) >= 11 is -1.31. The van der Waals surface area contributed by atoms with Crippen molar-refractivity contribution in [2.45, 2.75) is 58.9 Å². The van der Waals surface area contributed by atoms with Crippen LogP contribution in [0.4, 0.5) is 5.69 Å². The number of aromatic nitrogens is 2. The van der Waals surface area contributed by atoms with E-state index < -0.39 is 11.4 Å². The largest absolute Gasteiger partial charge is 0.588 e. The second kappa shape index (κ2) is 11.9. The predicted molar refractivity (Wildman–Crippen MR) is 144 cm³/mol. The van der Waals surface area contributed by atoms with Gasteiger partial charge in [0.25, 0.3) is 0 Å². The van der Waals surface area contributed by atoms with Gasteiger partial charge in [0.2, 0.25) is 0 Å². The first-order valence-corrected chi connectivity index (χ1v) is 13.5. The molecule has 1 aromatic heterocycles. The first-order valence-electron chi connectivity index (χ1n) is 12.3. The summed E-state index contributed by atoms with van der Waals surface area (Å²) in [6.07, 6.45) is 2.03. The van der Waals surface area contributed by atoms with Gasteiger partial charge >= 0.3 is 0 Å².